The number of hydrogen-bond acceptors (Lipinski definition) is 8. The lowest BCUT2D eigenvalue weighted by Gasteiger charge is -2.12. The lowest BCUT2D eigenvalue weighted by molar-refractivity contribution is -0.697. The van der Waals surface area contributed by atoms with Gasteiger partial charge in [-0.15, -0.1) is 0 Å². The molecule has 0 spiro atoms. The van der Waals surface area contributed by atoms with E-state index in [0.29, 0.717) is 34.5 Å². The van der Waals surface area contributed by atoms with Crippen molar-refractivity contribution in [3.05, 3.63) is 95.9 Å². The quantitative estimate of drug-likeness (QED) is 0.0271. The summed E-state index contributed by atoms with van der Waals surface area (Å²) in [5.74, 6) is 6.21. The molecule has 0 aliphatic heterocycles. The standard InChI is InChI=1S/C44H59N2O6S2/c1-8-35(17-19-37-31-39(47-2)43(51-6)40(32-37)48-3)21-25-45-24-13-9-11-15-29-53-54-30-16-12-10-14-26-46-27-22-36(23-28-46)18-20-38-33-41(49-4)44(52-7)42(34-38)50-5/h8,17-23,25,27-28,31-34H,1,9-16,24,26,29-30H2,2-7H3/q+1/p+1/b19-17+,20-18+,35-21+,45-25?. The molecule has 0 atom stereocenters. The number of allylic oxidation sites excluding steroid dienone is 4. The Kier molecular flexibility index (Phi) is 21.6. The summed E-state index contributed by atoms with van der Waals surface area (Å²) in [5, 5.41) is 0. The summed E-state index contributed by atoms with van der Waals surface area (Å²) < 4.78 is 34.9. The SMILES string of the molecule is C=CC(/C=C/c1cc(OC)c(OC)c(OC)c1)=C\C=[NH+]CCCCCCSSCCCCCC[n+]1ccc(/C=C/c2cc(OC)c(OC)c(OC)c2)cc1. The van der Waals surface area contributed by atoms with Crippen LogP contribution in [0.2, 0.25) is 0 Å². The van der Waals surface area contributed by atoms with Gasteiger partial charge in [0, 0.05) is 42.6 Å². The second-order valence-corrected chi connectivity index (χ2v) is 15.1. The molecule has 0 aliphatic rings. The molecular weight excluding hydrogens is 717 g/mol. The average molecular weight is 777 g/mol. The zero-order chi connectivity index (χ0) is 38.8. The van der Waals surface area contributed by atoms with Crippen molar-refractivity contribution in [2.24, 2.45) is 0 Å². The van der Waals surface area contributed by atoms with Gasteiger partial charge in [0.15, 0.2) is 41.6 Å². The number of nitrogens with zero attached hydrogens (tertiary/aromatic N) is 1. The van der Waals surface area contributed by atoms with Gasteiger partial charge in [-0.25, -0.2) is 9.56 Å². The molecule has 0 radical (unpaired) electrons. The summed E-state index contributed by atoms with van der Waals surface area (Å²) in [7, 11) is 13.8. The van der Waals surface area contributed by atoms with E-state index >= 15 is 0 Å². The predicted molar refractivity (Wildman–Crippen MR) is 229 cm³/mol. The number of rotatable bonds is 27. The molecule has 0 aliphatic carbocycles. The lowest BCUT2D eigenvalue weighted by atomic mass is 10.1. The topological polar surface area (TPSA) is 73.2 Å². The van der Waals surface area contributed by atoms with E-state index in [1.165, 1.54) is 62.9 Å². The summed E-state index contributed by atoms with van der Waals surface area (Å²) in [5.41, 5.74) is 4.09. The van der Waals surface area contributed by atoms with Crippen LogP contribution in [0.5, 0.6) is 34.5 Å². The number of pyridine rings is 1. The van der Waals surface area contributed by atoms with Crippen LogP contribution in [0.3, 0.4) is 0 Å². The van der Waals surface area contributed by atoms with Crippen LogP contribution in [0, 0.1) is 0 Å². The summed E-state index contributed by atoms with van der Waals surface area (Å²) in [6, 6.07) is 12.0. The van der Waals surface area contributed by atoms with Crippen molar-refractivity contribution in [2.45, 2.75) is 57.9 Å². The maximum Gasteiger partial charge on any atom is 0.203 e. The maximum atomic E-state index is 5.47. The van der Waals surface area contributed by atoms with Crippen molar-refractivity contribution in [1.29, 1.82) is 0 Å². The largest absolute Gasteiger partial charge is 0.493 e. The first-order valence-electron chi connectivity index (χ1n) is 18.6. The molecule has 3 aromatic rings. The molecule has 3 rings (SSSR count). The Morgan fingerprint density at radius 1 is 0.611 bits per heavy atom. The number of unbranched alkanes of at least 4 members (excludes halogenated alkanes) is 6. The first-order chi connectivity index (χ1) is 26.5. The number of hydrogen-bond donors (Lipinski definition) is 1. The lowest BCUT2D eigenvalue weighted by Crippen LogP contribution is -2.68. The van der Waals surface area contributed by atoms with Crippen LogP contribution < -0.4 is 38.0 Å². The van der Waals surface area contributed by atoms with Crippen molar-refractivity contribution >= 4 is 46.0 Å². The van der Waals surface area contributed by atoms with Gasteiger partial charge in [-0.1, -0.05) is 71.4 Å². The molecule has 1 heterocycles. The van der Waals surface area contributed by atoms with Gasteiger partial charge in [0.05, 0.1) is 42.7 Å². The molecule has 54 heavy (non-hydrogen) atoms. The highest BCUT2D eigenvalue weighted by Crippen LogP contribution is 2.39. The number of nitrogens with one attached hydrogen (secondary N) is 1. The minimum Gasteiger partial charge on any atom is -0.493 e. The third-order valence-electron chi connectivity index (χ3n) is 8.63. The highest BCUT2D eigenvalue weighted by atomic mass is 33.1. The molecule has 0 amide bonds. The second kappa shape index (κ2) is 26.5. The summed E-state index contributed by atoms with van der Waals surface area (Å²) in [6.45, 7) is 5.96. The molecular formula is C44H60N2O6S2+2. The molecule has 2 aromatic carbocycles. The maximum absolute atomic E-state index is 5.47. The van der Waals surface area contributed by atoms with Crippen LogP contribution in [0.15, 0.2) is 79.2 Å². The number of aromatic nitrogens is 1. The first-order valence-corrected chi connectivity index (χ1v) is 21.1. The van der Waals surface area contributed by atoms with Crippen LogP contribution in [0.1, 0.15) is 68.1 Å². The van der Waals surface area contributed by atoms with E-state index in [1.54, 1.807) is 42.7 Å². The monoisotopic (exact) mass is 776 g/mol. The highest BCUT2D eigenvalue weighted by molar-refractivity contribution is 8.76. The fraction of sp³-hybridized carbons (Fsp3) is 0.409. The molecule has 8 nitrogen and oxygen atoms in total. The van der Waals surface area contributed by atoms with Crippen molar-refractivity contribution < 1.29 is 38.0 Å². The van der Waals surface area contributed by atoms with Gasteiger partial charge < -0.3 is 28.4 Å². The number of benzene rings is 2. The highest BCUT2D eigenvalue weighted by Gasteiger charge is 2.13. The predicted octanol–water partition coefficient (Wildman–Crippen LogP) is 8.68. The Morgan fingerprint density at radius 2 is 1.09 bits per heavy atom. The van der Waals surface area contributed by atoms with E-state index in [0.717, 1.165) is 35.4 Å². The Bertz CT molecular complexity index is 1620. The van der Waals surface area contributed by atoms with Crippen LogP contribution in [-0.2, 0) is 6.54 Å². The van der Waals surface area contributed by atoms with Crippen LogP contribution in [0.25, 0.3) is 18.2 Å². The molecule has 0 bridgehead atoms. The van der Waals surface area contributed by atoms with Crippen molar-refractivity contribution in [3.8, 4) is 34.5 Å². The van der Waals surface area contributed by atoms with Gasteiger partial charge in [0.25, 0.3) is 0 Å². The summed E-state index contributed by atoms with van der Waals surface area (Å²) in [6.07, 6.45) is 28.4. The second-order valence-electron chi connectivity index (χ2n) is 12.4. The number of ether oxygens (including phenoxy) is 6. The van der Waals surface area contributed by atoms with Crippen molar-refractivity contribution in [1.82, 2.24) is 0 Å². The van der Waals surface area contributed by atoms with Crippen LogP contribution >= 0.6 is 21.6 Å². The number of aryl methyl sites for hydroxylation is 1. The first kappa shape index (κ1) is 44.1. The van der Waals surface area contributed by atoms with Gasteiger partial charge in [-0.05, 0) is 72.2 Å². The summed E-state index contributed by atoms with van der Waals surface area (Å²) in [4.78, 5) is 3.41. The zero-order valence-electron chi connectivity index (χ0n) is 33.1. The Hall–Kier alpha value is -4.28. The van der Waals surface area contributed by atoms with E-state index < -0.39 is 0 Å². The molecule has 10 heteroatoms. The molecule has 0 saturated heterocycles. The molecule has 1 N–H and O–H groups in total. The van der Waals surface area contributed by atoms with E-state index in [4.69, 9.17) is 28.4 Å². The van der Waals surface area contributed by atoms with Gasteiger partial charge >= 0.3 is 0 Å². The van der Waals surface area contributed by atoms with Gasteiger partial charge in [-0.2, -0.15) is 0 Å². The molecule has 1 aromatic heterocycles. The third-order valence-corrected chi connectivity index (χ3v) is 11.2. The minimum atomic E-state index is 0.584. The van der Waals surface area contributed by atoms with E-state index in [-0.39, 0.29) is 0 Å². The molecule has 0 saturated carbocycles. The minimum absolute atomic E-state index is 0.584. The van der Waals surface area contributed by atoms with E-state index in [1.807, 2.05) is 76.4 Å². The molecule has 0 unspecified atom stereocenters. The normalized spacial score (nSPS) is 11.8. The average Bonchev–Trinajstić information content (AvgIpc) is 3.21. The van der Waals surface area contributed by atoms with Crippen molar-refractivity contribution in [2.75, 3.05) is 60.7 Å². The Labute approximate surface area is 331 Å². The molecule has 292 valence electrons. The van der Waals surface area contributed by atoms with Crippen molar-refractivity contribution in [3.63, 3.8) is 0 Å². The van der Waals surface area contributed by atoms with E-state index in [2.05, 4.69) is 52.8 Å². The fourth-order valence-corrected chi connectivity index (χ4v) is 7.90. The fourth-order valence-electron chi connectivity index (χ4n) is 5.61. The van der Waals surface area contributed by atoms with Gasteiger partial charge in [-0.3, -0.25) is 0 Å². The van der Waals surface area contributed by atoms with Gasteiger partial charge in [0.2, 0.25) is 11.5 Å². The Balaban J connectivity index is 1.19. The van der Waals surface area contributed by atoms with E-state index in [9.17, 15) is 0 Å². The van der Waals surface area contributed by atoms with Crippen LogP contribution in [0.4, 0.5) is 0 Å². The Morgan fingerprint density at radius 3 is 1.59 bits per heavy atom. The molecule has 0 fully saturated rings. The zero-order valence-corrected chi connectivity index (χ0v) is 34.7. The van der Waals surface area contributed by atoms with Gasteiger partial charge in [0.1, 0.15) is 13.1 Å². The van der Waals surface area contributed by atoms with Crippen LogP contribution in [-0.4, -0.2) is 66.9 Å². The summed E-state index contributed by atoms with van der Waals surface area (Å²) >= 11 is 0. The smallest absolute Gasteiger partial charge is 0.203 e. The third kappa shape index (κ3) is 15.6. The number of methoxy groups -OCH3 is 6.